The lowest BCUT2D eigenvalue weighted by Crippen LogP contribution is -2.06. The van der Waals surface area contributed by atoms with Crippen LogP contribution in [0.5, 0.6) is 0 Å². The molecule has 2 rings (SSSR count). The number of ether oxygens (including phenoxy) is 1. The molecule has 0 aromatic heterocycles. The molecule has 0 unspecified atom stereocenters. The van der Waals surface area contributed by atoms with Crippen molar-refractivity contribution in [3.63, 3.8) is 0 Å². The van der Waals surface area contributed by atoms with Crippen LogP contribution in [0.2, 0.25) is 0 Å². The maximum atomic E-state index is 12.6. The molecule has 4 heteroatoms. The van der Waals surface area contributed by atoms with Crippen LogP contribution >= 0.6 is 0 Å². The van der Waals surface area contributed by atoms with Crippen LogP contribution < -0.4 is 5.32 Å². The molecule has 2 N–H and O–H groups in total. The summed E-state index contributed by atoms with van der Waals surface area (Å²) >= 11 is 0. The van der Waals surface area contributed by atoms with Crippen LogP contribution in [-0.4, -0.2) is 30.7 Å². The van der Waals surface area contributed by atoms with Gasteiger partial charge in [-0.25, -0.2) is 0 Å². The summed E-state index contributed by atoms with van der Waals surface area (Å²) in [5, 5.41) is 12.1. The molecule has 0 aliphatic carbocycles. The number of hydrogen-bond donors (Lipinski definition) is 2. The number of ketones is 1. The quantitative estimate of drug-likeness (QED) is 0.496. The third-order valence-corrected chi connectivity index (χ3v) is 4.28. The number of rotatable bonds is 10. The minimum Gasteiger partial charge on any atom is -0.394 e. The van der Waals surface area contributed by atoms with Crippen molar-refractivity contribution in [2.45, 2.75) is 33.1 Å². The van der Waals surface area contributed by atoms with Crippen molar-refractivity contribution in [3.8, 4) is 0 Å². The minimum atomic E-state index is 0.0380. The van der Waals surface area contributed by atoms with Gasteiger partial charge in [0.25, 0.3) is 0 Å². The Morgan fingerprint density at radius 1 is 1.00 bits per heavy atom. The Hall–Kier alpha value is -2.17. The molecule has 2 aromatic rings. The molecule has 0 amide bonds. The van der Waals surface area contributed by atoms with Crippen molar-refractivity contribution in [2.24, 2.45) is 0 Å². The molecule has 4 nitrogen and oxygen atoms in total. The number of anilines is 2. The van der Waals surface area contributed by atoms with E-state index < -0.39 is 0 Å². The molecule has 0 radical (unpaired) electrons. The minimum absolute atomic E-state index is 0.0380. The molecule has 0 saturated carbocycles. The third kappa shape index (κ3) is 5.69. The normalized spacial score (nSPS) is 10.7. The summed E-state index contributed by atoms with van der Waals surface area (Å²) in [5.41, 5.74) is 5.00. The molecule has 0 aliphatic heterocycles. The first kappa shape index (κ1) is 19.2. The van der Waals surface area contributed by atoms with E-state index in [0.29, 0.717) is 19.6 Å². The number of aliphatic hydroxyl groups is 1. The van der Waals surface area contributed by atoms with Crippen LogP contribution in [0.25, 0.3) is 0 Å². The second-order valence-corrected chi connectivity index (χ2v) is 6.13. The van der Waals surface area contributed by atoms with Crippen LogP contribution in [0.4, 0.5) is 11.4 Å². The van der Waals surface area contributed by atoms with Crippen LogP contribution in [-0.2, 0) is 4.74 Å². The molecule has 25 heavy (non-hydrogen) atoms. The number of aliphatic hydroxyl groups excluding tert-OH is 1. The van der Waals surface area contributed by atoms with Crippen molar-refractivity contribution in [3.05, 3.63) is 59.2 Å². The number of benzene rings is 2. The lowest BCUT2D eigenvalue weighted by Gasteiger charge is -2.14. The zero-order valence-corrected chi connectivity index (χ0v) is 15.0. The number of hydrogen-bond acceptors (Lipinski definition) is 4. The average molecular weight is 341 g/mol. The Morgan fingerprint density at radius 3 is 2.56 bits per heavy atom. The van der Waals surface area contributed by atoms with Crippen molar-refractivity contribution in [1.29, 1.82) is 0 Å². The highest BCUT2D eigenvalue weighted by molar-refractivity contribution is 6.01. The summed E-state index contributed by atoms with van der Waals surface area (Å²) in [7, 11) is 0. The smallest absolute Gasteiger partial charge is 0.164 e. The van der Waals surface area contributed by atoms with Gasteiger partial charge < -0.3 is 15.2 Å². The fourth-order valence-electron chi connectivity index (χ4n) is 2.66. The van der Waals surface area contributed by atoms with E-state index in [-0.39, 0.29) is 12.4 Å². The van der Waals surface area contributed by atoms with Crippen molar-refractivity contribution in [2.75, 3.05) is 25.1 Å². The predicted molar refractivity (Wildman–Crippen MR) is 102 cm³/mol. The number of Topliss-reactive ketones (excluding diaryl/α,β-unsaturated/α-hetero) is 1. The fourth-order valence-corrected chi connectivity index (χ4v) is 2.66. The van der Waals surface area contributed by atoms with Crippen LogP contribution in [0.1, 0.15) is 40.7 Å². The number of carbonyl (C=O) groups excluding carboxylic acids is 1. The summed E-state index contributed by atoms with van der Waals surface area (Å²) < 4.78 is 5.22. The van der Waals surface area contributed by atoms with E-state index in [4.69, 9.17) is 9.84 Å². The summed E-state index contributed by atoms with van der Waals surface area (Å²) in [6.07, 6.45) is 2.09. The fraction of sp³-hybridized carbons (Fsp3) is 0.381. The Labute approximate surface area is 149 Å². The van der Waals surface area contributed by atoms with E-state index in [1.807, 2.05) is 36.4 Å². The lowest BCUT2D eigenvalue weighted by molar-refractivity contribution is 0.0869. The first-order valence-electron chi connectivity index (χ1n) is 8.77. The molecule has 134 valence electrons. The van der Waals surface area contributed by atoms with Gasteiger partial charge in [0.15, 0.2) is 5.78 Å². The van der Waals surface area contributed by atoms with Crippen molar-refractivity contribution < 1.29 is 14.6 Å². The summed E-state index contributed by atoms with van der Waals surface area (Å²) in [6.45, 7) is 5.13. The highest BCUT2D eigenvalue weighted by Crippen LogP contribution is 2.26. The van der Waals surface area contributed by atoms with E-state index in [0.717, 1.165) is 29.8 Å². The van der Waals surface area contributed by atoms with Crippen LogP contribution in [0.15, 0.2) is 42.5 Å². The zero-order chi connectivity index (χ0) is 18.1. The number of para-hydroxylation sites is 1. The zero-order valence-electron chi connectivity index (χ0n) is 15.0. The topological polar surface area (TPSA) is 58.6 Å². The van der Waals surface area contributed by atoms with Gasteiger partial charge in [-0.15, -0.1) is 0 Å². The van der Waals surface area contributed by atoms with Gasteiger partial charge in [-0.2, -0.15) is 0 Å². The van der Waals surface area contributed by atoms with E-state index >= 15 is 0 Å². The molecule has 0 saturated heterocycles. The maximum Gasteiger partial charge on any atom is 0.164 e. The second-order valence-electron chi connectivity index (χ2n) is 6.13. The standard InChI is InChI=1S/C21H27NO3/c1-16-8-7-11-19(17(16)2)22-20-10-4-3-9-18(20)21(24)12-5-6-14-25-15-13-23/h3-4,7-11,22-23H,5-6,12-15H2,1-2H3. The van der Waals surface area contributed by atoms with Gasteiger partial charge >= 0.3 is 0 Å². The molecular weight excluding hydrogens is 314 g/mol. The number of carbonyl (C=O) groups is 1. The molecule has 0 heterocycles. The largest absolute Gasteiger partial charge is 0.394 e. The third-order valence-electron chi connectivity index (χ3n) is 4.28. The first-order valence-corrected chi connectivity index (χ1v) is 8.77. The van der Waals surface area contributed by atoms with Gasteiger partial charge in [0.05, 0.1) is 13.2 Å². The van der Waals surface area contributed by atoms with Gasteiger partial charge in [0.1, 0.15) is 0 Å². The molecule has 0 bridgehead atoms. The molecular formula is C21H27NO3. The highest BCUT2D eigenvalue weighted by Gasteiger charge is 2.12. The number of unbranched alkanes of at least 4 members (excludes halogenated alkanes) is 1. The average Bonchev–Trinajstić information content (AvgIpc) is 2.62. The van der Waals surface area contributed by atoms with Gasteiger partial charge in [-0.3, -0.25) is 4.79 Å². The summed E-state index contributed by atoms with van der Waals surface area (Å²) in [6, 6.07) is 13.8. The highest BCUT2D eigenvalue weighted by atomic mass is 16.5. The Balaban J connectivity index is 2.00. The Morgan fingerprint density at radius 2 is 1.76 bits per heavy atom. The van der Waals surface area contributed by atoms with Gasteiger partial charge in [0, 0.05) is 30.0 Å². The predicted octanol–water partition coefficient (Wildman–Crippen LogP) is 4.41. The second kappa shape index (κ2) is 9.97. The van der Waals surface area contributed by atoms with Crippen molar-refractivity contribution >= 4 is 17.2 Å². The number of aryl methyl sites for hydroxylation is 1. The van der Waals surface area contributed by atoms with E-state index in [2.05, 4.69) is 25.2 Å². The van der Waals surface area contributed by atoms with Gasteiger partial charge in [0.2, 0.25) is 0 Å². The maximum absolute atomic E-state index is 12.6. The van der Waals surface area contributed by atoms with Crippen molar-refractivity contribution in [1.82, 2.24) is 0 Å². The van der Waals surface area contributed by atoms with E-state index in [1.54, 1.807) is 0 Å². The SMILES string of the molecule is Cc1cccc(Nc2ccccc2C(=O)CCCCOCCO)c1C. The van der Waals surface area contributed by atoms with E-state index in [1.165, 1.54) is 11.1 Å². The van der Waals surface area contributed by atoms with Crippen LogP contribution in [0, 0.1) is 13.8 Å². The monoisotopic (exact) mass is 341 g/mol. The molecule has 2 aromatic carbocycles. The number of nitrogens with one attached hydrogen (secondary N) is 1. The Kier molecular flexibility index (Phi) is 7.64. The first-order chi connectivity index (χ1) is 12.1. The van der Waals surface area contributed by atoms with Gasteiger partial charge in [-0.1, -0.05) is 24.3 Å². The summed E-state index contributed by atoms with van der Waals surface area (Å²) in [4.78, 5) is 12.6. The summed E-state index contributed by atoms with van der Waals surface area (Å²) in [5.74, 6) is 0.135. The van der Waals surface area contributed by atoms with E-state index in [9.17, 15) is 4.79 Å². The molecule has 0 atom stereocenters. The molecule has 0 spiro atoms. The lowest BCUT2D eigenvalue weighted by atomic mass is 10.0. The Bertz CT molecular complexity index is 697. The molecule has 0 fully saturated rings. The van der Waals surface area contributed by atoms with Crippen LogP contribution in [0.3, 0.4) is 0 Å². The van der Waals surface area contributed by atoms with Gasteiger partial charge in [-0.05, 0) is 56.0 Å². The molecule has 0 aliphatic rings.